The highest BCUT2D eigenvalue weighted by atomic mass is 35.5. The number of carbonyl (C=O) groups is 2. The third-order valence-electron chi connectivity index (χ3n) is 6.47. The van der Waals surface area contributed by atoms with Gasteiger partial charge >= 0.3 is 0 Å². The maximum absolute atomic E-state index is 13.7. The fraction of sp³-hybridized carbons (Fsp3) is 0.462. The van der Waals surface area contributed by atoms with Crippen molar-refractivity contribution < 1.29 is 18.0 Å². The first-order valence-electron chi connectivity index (χ1n) is 12.3. The van der Waals surface area contributed by atoms with Crippen LogP contribution in [0, 0.1) is 0 Å². The molecule has 0 radical (unpaired) electrons. The Hall–Kier alpha value is -2.00. The molecule has 2 aromatic carbocycles. The quantitative estimate of drug-likeness (QED) is 0.388. The van der Waals surface area contributed by atoms with E-state index in [0.717, 1.165) is 48.2 Å². The lowest BCUT2D eigenvalue weighted by Crippen LogP contribution is -2.53. The summed E-state index contributed by atoms with van der Waals surface area (Å²) in [5.74, 6) is -0.755. The number of halogens is 3. The highest BCUT2D eigenvalue weighted by Gasteiger charge is 2.33. The molecule has 37 heavy (non-hydrogen) atoms. The van der Waals surface area contributed by atoms with Crippen LogP contribution < -0.4 is 9.62 Å². The summed E-state index contributed by atoms with van der Waals surface area (Å²) in [4.78, 5) is 28.6. The molecular formula is C26H32Cl3N3O4S. The van der Waals surface area contributed by atoms with Gasteiger partial charge in [0.25, 0.3) is 0 Å². The summed E-state index contributed by atoms with van der Waals surface area (Å²) in [5.41, 5.74) is 0.971. The zero-order chi connectivity index (χ0) is 27.2. The number of anilines is 1. The summed E-state index contributed by atoms with van der Waals surface area (Å²) in [6, 6.07) is 10.6. The molecule has 1 saturated carbocycles. The Labute approximate surface area is 234 Å². The molecule has 2 amide bonds. The maximum Gasteiger partial charge on any atom is 0.244 e. The zero-order valence-electron chi connectivity index (χ0n) is 20.9. The summed E-state index contributed by atoms with van der Waals surface area (Å²) in [7, 11) is -3.86. The van der Waals surface area contributed by atoms with Crippen LogP contribution in [0.25, 0.3) is 0 Å². The number of hydrogen-bond acceptors (Lipinski definition) is 4. The third-order valence-corrected chi connectivity index (χ3v) is 8.61. The van der Waals surface area contributed by atoms with E-state index in [-0.39, 0.29) is 34.2 Å². The number of hydrogen-bond donors (Lipinski definition) is 1. The first kappa shape index (κ1) is 29.6. The monoisotopic (exact) mass is 587 g/mol. The second kappa shape index (κ2) is 13.2. The first-order chi connectivity index (χ1) is 17.5. The largest absolute Gasteiger partial charge is 0.352 e. The van der Waals surface area contributed by atoms with Crippen molar-refractivity contribution in [2.45, 2.75) is 64.1 Å². The Morgan fingerprint density at radius 3 is 2.22 bits per heavy atom. The lowest BCUT2D eigenvalue weighted by atomic mass is 9.95. The van der Waals surface area contributed by atoms with E-state index in [9.17, 15) is 18.0 Å². The Kier molecular flexibility index (Phi) is 10.5. The fourth-order valence-corrected chi connectivity index (χ4v) is 5.76. The molecule has 0 heterocycles. The van der Waals surface area contributed by atoms with Crippen molar-refractivity contribution in [1.82, 2.24) is 10.2 Å². The van der Waals surface area contributed by atoms with Crippen LogP contribution in [0.3, 0.4) is 0 Å². The molecule has 0 aromatic heterocycles. The smallest absolute Gasteiger partial charge is 0.244 e. The van der Waals surface area contributed by atoms with Gasteiger partial charge in [0, 0.05) is 17.6 Å². The second-order valence-electron chi connectivity index (χ2n) is 9.28. The predicted octanol–water partition coefficient (Wildman–Crippen LogP) is 5.67. The Bertz CT molecular complexity index is 1200. The minimum absolute atomic E-state index is 0.0755. The number of nitrogens with one attached hydrogen (secondary N) is 1. The molecular weight excluding hydrogens is 557 g/mol. The molecule has 0 saturated heterocycles. The van der Waals surface area contributed by atoms with Crippen molar-refractivity contribution in [1.29, 1.82) is 0 Å². The fourth-order valence-electron chi connectivity index (χ4n) is 4.50. The van der Waals surface area contributed by atoms with Crippen LogP contribution in [0.2, 0.25) is 15.1 Å². The van der Waals surface area contributed by atoms with Gasteiger partial charge in [-0.1, -0.05) is 73.1 Å². The lowest BCUT2D eigenvalue weighted by molar-refractivity contribution is -0.140. The van der Waals surface area contributed by atoms with Gasteiger partial charge in [-0.05, 0) is 55.2 Å². The number of amides is 2. The molecule has 0 bridgehead atoms. The molecule has 0 aliphatic heterocycles. The highest BCUT2D eigenvalue weighted by molar-refractivity contribution is 7.92. The minimum atomic E-state index is -3.86. The van der Waals surface area contributed by atoms with E-state index in [4.69, 9.17) is 34.8 Å². The number of rotatable bonds is 10. The number of sulfonamides is 1. The molecule has 1 N–H and O–H groups in total. The summed E-state index contributed by atoms with van der Waals surface area (Å²) in [6.45, 7) is 1.45. The standard InChI is InChI=1S/C26H32Cl3N3O4S/c1-3-24(26(34)30-20-7-5-4-6-8-20)31(16-18-9-11-19(27)12-10-18)25(33)17-32(37(2,35)36)21-13-14-22(28)23(29)15-21/h9-15,20,24H,3-8,16-17H2,1-2H3,(H,30,34)/t24-/m1/s1. The Morgan fingerprint density at radius 1 is 1.00 bits per heavy atom. The normalized spacial score (nSPS) is 15.2. The van der Waals surface area contributed by atoms with Crippen molar-refractivity contribution in [3.8, 4) is 0 Å². The summed E-state index contributed by atoms with van der Waals surface area (Å²) < 4.78 is 26.4. The van der Waals surface area contributed by atoms with Gasteiger partial charge in [0.1, 0.15) is 12.6 Å². The van der Waals surface area contributed by atoms with E-state index in [1.54, 1.807) is 24.3 Å². The molecule has 1 aliphatic carbocycles. The van der Waals surface area contributed by atoms with Crippen LogP contribution >= 0.6 is 34.8 Å². The van der Waals surface area contributed by atoms with Gasteiger partial charge in [0.15, 0.2) is 0 Å². The van der Waals surface area contributed by atoms with Crippen molar-refractivity contribution in [2.75, 3.05) is 17.1 Å². The lowest BCUT2D eigenvalue weighted by Gasteiger charge is -2.34. The average molecular weight is 589 g/mol. The van der Waals surface area contributed by atoms with Gasteiger partial charge in [-0.15, -0.1) is 0 Å². The molecule has 1 fully saturated rings. The molecule has 1 atom stereocenters. The Balaban J connectivity index is 1.92. The van der Waals surface area contributed by atoms with E-state index in [0.29, 0.717) is 11.4 Å². The summed E-state index contributed by atoms with van der Waals surface area (Å²) >= 11 is 18.2. The topological polar surface area (TPSA) is 86.8 Å². The van der Waals surface area contributed by atoms with Crippen LogP contribution in [0.5, 0.6) is 0 Å². The third kappa shape index (κ3) is 8.24. The van der Waals surface area contributed by atoms with Crippen LogP contribution in [0.1, 0.15) is 51.0 Å². The van der Waals surface area contributed by atoms with E-state index < -0.39 is 28.5 Å². The van der Waals surface area contributed by atoms with Crippen molar-refractivity contribution in [2.24, 2.45) is 0 Å². The molecule has 0 unspecified atom stereocenters. The first-order valence-corrected chi connectivity index (χ1v) is 15.2. The molecule has 11 heteroatoms. The van der Waals surface area contributed by atoms with E-state index in [1.165, 1.54) is 23.1 Å². The SMILES string of the molecule is CC[C@H](C(=O)NC1CCCCC1)N(Cc1ccc(Cl)cc1)C(=O)CN(c1ccc(Cl)c(Cl)c1)S(C)(=O)=O. The van der Waals surface area contributed by atoms with Gasteiger partial charge in [-0.3, -0.25) is 13.9 Å². The van der Waals surface area contributed by atoms with Crippen LogP contribution in [0.4, 0.5) is 5.69 Å². The van der Waals surface area contributed by atoms with Gasteiger partial charge in [0.2, 0.25) is 21.8 Å². The van der Waals surface area contributed by atoms with E-state index in [2.05, 4.69) is 5.32 Å². The molecule has 1 aliphatic rings. The van der Waals surface area contributed by atoms with Gasteiger partial charge < -0.3 is 10.2 Å². The molecule has 7 nitrogen and oxygen atoms in total. The van der Waals surface area contributed by atoms with Crippen LogP contribution in [-0.4, -0.2) is 50.0 Å². The predicted molar refractivity (Wildman–Crippen MR) is 150 cm³/mol. The van der Waals surface area contributed by atoms with Gasteiger partial charge in [-0.2, -0.15) is 0 Å². The van der Waals surface area contributed by atoms with E-state index in [1.807, 2.05) is 6.92 Å². The van der Waals surface area contributed by atoms with Crippen molar-refractivity contribution in [3.63, 3.8) is 0 Å². The molecule has 2 aromatic rings. The number of nitrogens with zero attached hydrogens (tertiary/aromatic N) is 2. The summed E-state index contributed by atoms with van der Waals surface area (Å²) in [5, 5.41) is 4.09. The number of carbonyl (C=O) groups excluding carboxylic acids is 2. The van der Waals surface area contributed by atoms with Crippen molar-refractivity contribution in [3.05, 3.63) is 63.1 Å². The maximum atomic E-state index is 13.7. The number of benzene rings is 2. The van der Waals surface area contributed by atoms with Crippen LogP contribution in [0.15, 0.2) is 42.5 Å². The summed E-state index contributed by atoms with van der Waals surface area (Å²) in [6.07, 6.45) is 6.47. The highest BCUT2D eigenvalue weighted by Crippen LogP contribution is 2.29. The minimum Gasteiger partial charge on any atom is -0.352 e. The van der Waals surface area contributed by atoms with Gasteiger partial charge in [0.05, 0.1) is 22.0 Å². The Morgan fingerprint density at radius 2 is 1.65 bits per heavy atom. The van der Waals surface area contributed by atoms with Crippen LogP contribution in [-0.2, 0) is 26.2 Å². The zero-order valence-corrected chi connectivity index (χ0v) is 24.0. The second-order valence-corrected chi connectivity index (χ2v) is 12.4. The van der Waals surface area contributed by atoms with E-state index >= 15 is 0 Å². The molecule has 3 rings (SSSR count). The van der Waals surface area contributed by atoms with Gasteiger partial charge in [-0.25, -0.2) is 8.42 Å². The van der Waals surface area contributed by atoms with Crippen molar-refractivity contribution >= 4 is 62.3 Å². The average Bonchev–Trinajstić information content (AvgIpc) is 2.85. The molecule has 202 valence electrons. The molecule has 0 spiro atoms.